The number of amides is 2. The molecule has 2 aromatic rings. The molecule has 0 radical (unpaired) electrons. The molecule has 1 heterocycles. The maximum atomic E-state index is 12.6. The molecular formula is C24H28N2O3. The van der Waals surface area contributed by atoms with Gasteiger partial charge in [0, 0.05) is 18.7 Å². The van der Waals surface area contributed by atoms with E-state index in [9.17, 15) is 9.59 Å². The maximum absolute atomic E-state index is 12.6. The highest BCUT2D eigenvalue weighted by atomic mass is 16.5. The molecule has 5 nitrogen and oxygen atoms in total. The predicted octanol–water partition coefficient (Wildman–Crippen LogP) is 4.25. The van der Waals surface area contributed by atoms with E-state index in [1.165, 1.54) is 25.7 Å². The number of rotatable bonds is 5. The number of para-hydroxylation sites is 1. The molecule has 2 atom stereocenters. The van der Waals surface area contributed by atoms with E-state index >= 15 is 0 Å². The third-order valence-corrected chi connectivity index (χ3v) is 6.14. The zero-order valence-electron chi connectivity index (χ0n) is 16.7. The minimum absolute atomic E-state index is 0.0198. The molecule has 2 amide bonds. The molecule has 0 unspecified atom stereocenters. The lowest BCUT2D eigenvalue weighted by molar-refractivity contribution is -0.133. The van der Waals surface area contributed by atoms with Crippen LogP contribution in [0.25, 0.3) is 0 Å². The predicted molar refractivity (Wildman–Crippen MR) is 112 cm³/mol. The van der Waals surface area contributed by atoms with Gasteiger partial charge in [-0.25, -0.2) is 0 Å². The summed E-state index contributed by atoms with van der Waals surface area (Å²) in [6, 6.07) is 16.5. The summed E-state index contributed by atoms with van der Waals surface area (Å²) in [5.74, 6) is 2.63. The summed E-state index contributed by atoms with van der Waals surface area (Å²) in [5.41, 5.74) is 0.518. The van der Waals surface area contributed by atoms with Crippen molar-refractivity contribution < 1.29 is 14.3 Å². The van der Waals surface area contributed by atoms with E-state index in [1.54, 1.807) is 24.3 Å². The van der Waals surface area contributed by atoms with Gasteiger partial charge in [-0.3, -0.25) is 9.59 Å². The molecule has 1 N–H and O–H groups in total. The minimum Gasteiger partial charge on any atom is -0.457 e. The van der Waals surface area contributed by atoms with Crippen LogP contribution in [-0.2, 0) is 4.79 Å². The fourth-order valence-electron chi connectivity index (χ4n) is 4.50. The summed E-state index contributed by atoms with van der Waals surface area (Å²) >= 11 is 0. The van der Waals surface area contributed by atoms with E-state index in [0.717, 1.165) is 31.2 Å². The largest absolute Gasteiger partial charge is 0.457 e. The first kappa shape index (κ1) is 19.5. The fourth-order valence-corrected chi connectivity index (χ4v) is 4.50. The Balaban J connectivity index is 1.26. The second-order valence-corrected chi connectivity index (χ2v) is 8.06. The van der Waals surface area contributed by atoms with Gasteiger partial charge in [0.15, 0.2) is 0 Å². The number of nitrogens with zero attached hydrogens (tertiary/aromatic N) is 1. The second kappa shape index (κ2) is 9.12. The normalized spacial score (nSPS) is 21.2. The van der Waals surface area contributed by atoms with E-state index in [2.05, 4.69) is 5.32 Å². The number of fused-ring (bicyclic) bond motifs is 1. The Hall–Kier alpha value is -2.82. The molecule has 1 aliphatic carbocycles. The standard InChI is InChI=1S/C24H28N2O3/c27-23(26-15-14-18-6-4-5-7-20(18)17-26)16-25-24(28)19-10-12-22(13-11-19)29-21-8-2-1-3-9-21/h1-3,8-13,18,20H,4-7,14-17H2,(H,25,28)/t18-,20-/m0/s1. The van der Waals surface area contributed by atoms with Crippen LogP contribution in [0.15, 0.2) is 54.6 Å². The molecule has 1 saturated carbocycles. The highest BCUT2D eigenvalue weighted by molar-refractivity contribution is 5.96. The third kappa shape index (κ3) is 4.97. The van der Waals surface area contributed by atoms with Crippen molar-refractivity contribution in [1.82, 2.24) is 10.2 Å². The van der Waals surface area contributed by atoms with Gasteiger partial charge in [0.2, 0.25) is 5.91 Å². The summed E-state index contributed by atoms with van der Waals surface area (Å²) in [4.78, 5) is 26.9. The molecule has 2 aliphatic rings. The molecule has 152 valence electrons. The van der Waals surface area contributed by atoms with Crippen LogP contribution in [0.4, 0.5) is 0 Å². The van der Waals surface area contributed by atoms with Gasteiger partial charge in [0.1, 0.15) is 11.5 Å². The second-order valence-electron chi connectivity index (χ2n) is 8.06. The smallest absolute Gasteiger partial charge is 0.251 e. The van der Waals surface area contributed by atoms with Gasteiger partial charge in [-0.1, -0.05) is 37.5 Å². The molecule has 2 fully saturated rings. The quantitative estimate of drug-likeness (QED) is 0.828. The van der Waals surface area contributed by atoms with Gasteiger partial charge in [-0.05, 0) is 61.1 Å². The summed E-state index contributed by atoms with van der Waals surface area (Å²) in [7, 11) is 0. The Morgan fingerprint density at radius 3 is 2.34 bits per heavy atom. The van der Waals surface area contributed by atoms with Crippen LogP contribution in [-0.4, -0.2) is 36.3 Å². The number of nitrogens with one attached hydrogen (secondary N) is 1. The fraction of sp³-hybridized carbons (Fsp3) is 0.417. The van der Waals surface area contributed by atoms with Crippen molar-refractivity contribution in [3.63, 3.8) is 0 Å². The van der Waals surface area contributed by atoms with Gasteiger partial charge in [-0.15, -0.1) is 0 Å². The van der Waals surface area contributed by atoms with Crippen molar-refractivity contribution in [3.8, 4) is 11.5 Å². The van der Waals surface area contributed by atoms with E-state index in [1.807, 2.05) is 35.2 Å². The zero-order chi connectivity index (χ0) is 20.1. The van der Waals surface area contributed by atoms with E-state index < -0.39 is 0 Å². The van der Waals surface area contributed by atoms with Crippen molar-refractivity contribution in [2.24, 2.45) is 11.8 Å². The van der Waals surface area contributed by atoms with Crippen molar-refractivity contribution in [1.29, 1.82) is 0 Å². The maximum Gasteiger partial charge on any atom is 0.251 e. The Bertz CT molecular complexity index is 835. The van der Waals surface area contributed by atoms with Crippen molar-refractivity contribution in [3.05, 3.63) is 60.2 Å². The number of ether oxygens (including phenoxy) is 1. The van der Waals surface area contributed by atoms with Crippen molar-refractivity contribution in [2.45, 2.75) is 32.1 Å². The monoisotopic (exact) mass is 392 g/mol. The number of benzene rings is 2. The SMILES string of the molecule is O=C(NCC(=O)N1CC[C@@H]2CCCC[C@H]2C1)c1ccc(Oc2ccccc2)cc1. The molecule has 4 rings (SSSR count). The van der Waals surface area contributed by atoms with Gasteiger partial charge in [-0.2, -0.15) is 0 Å². The number of carbonyl (C=O) groups excluding carboxylic acids is 2. The van der Waals surface area contributed by atoms with E-state index in [0.29, 0.717) is 17.2 Å². The Morgan fingerprint density at radius 2 is 1.59 bits per heavy atom. The summed E-state index contributed by atoms with van der Waals surface area (Å²) < 4.78 is 5.74. The molecule has 29 heavy (non-hydrogen) atoms. The van der Waals surface area contributed by atoms with Crippen LogP contribution in [0, 0.1) is 11.8 Å². The van der Waals surface area contributed by atoms with Crippen LogP contribution < -0.4 is 10.1 Å². The highest BCUT2D eigenvalue weighted by Gasteiger charge is 2.32. The Kier molecular flexibility index (Phi) is 6.13. The van der Waals surface area contributed by atoms with Crippen LogP contribution in [0.1, 0.15) is 42.5 Å². The lowest BCUT2D eigenvalue weighted by Gasteiger charge is -2.41. The topological polar surface area (TPSA) is 58.6 Å². The lowest BCUT2D eigenvalue weighted by atomic mass is 9.75. The average molecular weight is 392 g/mol. The van der Waals surface area contributed by atoms with E-state index in [4.69, 9.17) is 4.74 Å². The highest BCUT2D eigenvalue weighted by Crippen LogP contribution is 2.36. The number of piperidine rings is 1. The summed E-state index contributed by atoms with van der Waals surface area (Å²) in [5, 5.41) is 2.77. The lowest BCUT2D eigenvalue weighted by Crippen LogP contribution is -2.48. The van der Waals surface area contributed by atoms with Crippen LogP contribution in [0.2, 0.25) is 0 Å². The van der Waals surface area contributed by atoms with Gasteiger partial charge < -0.3 is 15.0 Å². The first-order valence-corrected chi connectivity index (χ1v) is 10.6. The van der Waals surface area contributed by atoms with Gasteiger partial charge >= 0.3 is 0 Å². The molecule has 1 saturated heterocycles. The third-order valence-electron chi connectivity index (χ3n) is 6.14. The molecular weight excluding hydrogens is 364 g/mol. The molecule has 0 spiro atoms. The summed E-state index contributed by atoms with van der Waals surface area (Å²) in [6.45, 7) is 1.73. The molecule has 2 aromatic carbocycles. The minimum atomic E-state index is -0.239. The van der Waals surface area contributed by atoms with E-state index in [-0.39, 0.29) is 18.4 Å². The van der Waals surface area contributed by atoms with Crippen molar-refractivity contribution in [2.75, 3.05) is 19.6 Å². The van der Waals surface area contributed by atoms with Gasteiger partial charge in [0.25, 0.3) is 5.91 Å². The summed E-state index contributed by atoms with van der Waals surface area (Å²) in [6.07, 6.45) is 6.27. The van der Waals surface area contributed by atoms with Crippen LogP contribution in [0.3, 0.4) is 0 Å². The van der Waals surface area contributed by atoms with Crippen molar-refractivity contribution >= 4 is 11.8 Å². The molecule has 0 aromatic heterocycles. The van der Waals surface area contributed by atoms with Crippen LogP contribution in [0.5, 0.6) is 11.5 Å². The molecule has 1 aliphatic heterocycles. The molecule has 5 heteroatoms. The average Bonchev–Trinajstić information content (AvgIpc) is 2.78. The van der Waals surface area contributed by atoms with Gasteiger partial charge in [0.05, 0.1) is 6.54 Å². The number of carbonyl (C=O) groups is 2. The Labute approximate surface area is 172 Å². The first-order valence-electron chi connectivity index (χ1n) is 10.6. The molecule has 0 bridgehead atoms. The Morgan fingerprint density at radius 1 is 0.897 bits per heavy atom. The number of hydrogen-bond donors (Lipinski definition) is 1. The number of likely N-dealkylation sites (tertiary alicyclic amines) is 1. The first-order chi connectivity index (χ1) is 14.2. The number of hydrogen-bond acceptors (Lipinski definition) is 3. The van der Waals surface area contributed by atoms with Crippen LogP contribution >= 0.6 is 0 Å². The zero-order valence-corrected chi connectivity index (χ0v) is 16.7.